The first-order chi connectivity index (χ1) is 8.58. The van der Waals surface area contributed by atoms with E-state index < -0.39 is 17.9 Å². The van der Waals surface area contributed by atoms with Gasteiger partial charge in [-0.15, -0.1) is 0 Å². The van der Waals surface area contributed by atoms with Crippen molar-refractivity contribution < 1.29 is 23.4 Å². The summed E-state index contributed by atoms with van der Waals surface area (Å²) in [4.78, 5) is 0. The molecule has 0 bridgehead atoms. The second-order valence-corrected chi connectivity index (χ2v) is 4.82. The van der Waals surface area contributed by atoms with Gasteiger partial charge in [0.15, 0.2) is 0 Å². The zero-order valence-electron chi connectivity index (χ0n) is 9.75. The predicted molar refractivity (Wildman–Crippen MR) is 68.2 cm³/mol. The van der Waals surface area contributed by atoms with Crippen molar-refractivity contribution in [2.45, 2.75) is 24.8 Å². The molecule has 0 aliphatic rings. The van der Waals surface area contributed by atoms with E-state index in [1.807, 2.05) is 0 Å². The highest BCUT2D eigenvalue weighted by Gasteiger charge is 2.55. The number of rotatable bonds is 3. The third-order valence-corrected chi connectivity index (χ3v) is 3.30. The maximum atomic E-state index is 12.7. The number of halogens is 5. The Bertz CT molecular complexity index is 486. The van der Waals surface area contributed by atoms with E-state index in [9.17, 15) is 18.3 Å². The van der Waals surface area contributed by atoms with Crippen LogP contribution in [0.25, 0.3) is 6.08 Å². The second-order valence-electron chi connectivity index (χ2n) is 4.01. The Kier molecular flexibility index (Phi) is 4.90. The number of aliphatic hydroxyl groups is 2. The lowest BCUT2D eigenvalue weighted by atomic mass is 9.95. The molecule has 2 nitrogen and oxygen atoms in total. The molecule has 0 fully saturated rings. The van der Waals surface area contributed by atoms with Crippen LogP contribution in [0.1, 0.15) is 12.5 Å². The molecule has 0 aliphatic heterocycles. The van der Waals surface area contributed by atoms with Crippen molar-refractivity contribution in [3.63, 3.8) is 0 Å². The van der Waals surface area contributed by atoms with Crippen molar-refractivity contribution in [3.05, 3.63) is 39.9 Å². The van der Waals surface area contributed by atoms with Crippen LogP contribution in [-0.2, 0) is 0 Å². The largest absolute Gasteiger partial charge is 0.423 e. The molecule has 106 valence electrons. The van der Waals surface area contributed by atoms with E-state index in [0.717, 1.165) is 13.0 Å². The fourth-order valence-corrected chi connectivity index (χ4v) is 1.62. The monoisotopic (exact) mass is 314 g/mol. The van der Waals surface area contributed by atoms with E-state index >= 15 is 0 Å². The van der Waals surface area contributed by atoms with Gasteiger partial charge >= 0.3 is 6.18 Å². The molecule has 7 heteroatoms. The average molecular weight is 315 g/mol. The minimum Gasteiger partial charge on any atom is -0.390 e. The summed E-state index contributed by atoms with van der Waals surface area (Å²) in [5.41, 5.74) is -3.00. The van der Waals surface area contributed by atoms with Crippen LogP contribution in [0.5, 0.6) is 0 Å². The second kappa shape index (κ2) is 5.71. The summed E-state index contributed by atoms with van der Waals surface area (Å²) in [5.74, 6) is 0. The smallest absolute Gasteiger partial charge is 0.390 e. The molecular weight excluding hydrogens is 304 g/mol. The Labute approximate surface area is 118 Å². The Balaban J connectivity index is 3.10. The van der Waals surface area contributed by atoms with Crippen LogP contribution in [0.15, 0.2) is 24.3 Å². The van der Waals surface area contributed by atoms with Crippen molar-refractivity contribution >= 4 is 29.3 Å². The van der Waals surface area contributed by atoms with E-state index in [0.29, 0.717) is 11.6 Å². The summed E-state index contributed by atoms with van der Waals surface area (Å²) in [6.45, 7) is 0.854. The molecular formula is C12H11Cl2F3O2. The Hall–Kier alpha value is -0.750. The molecule has 0 spiro atoms. The maximum Gasteiger partial charge on any atom is 0.423 e. The molecule has 19 heavy (non-hydrogen) atoms. The van der Waals surface area contributed by atoms with Gasteiger partial charge in [-0.2, -0.15) is 13.2 Å². The first-order valence-electron chi connectivity index (χ1n) is 5.19. The van der Waals surface area contributed by atoms with Gasteiger partial charge in [0.05, 0.1) is 16.1 Å². The first-order valence-corrected chi connectivity index (χ1v) is 5.95. The molecule has 0 heterocycles. The van der Waals surface area contributed by atoms with Crippen LogP contribution in [0, 0.1) is 0 Å². The fraction of sp³-hybridized carbons (Fsp3) is 0.333. The van der Waals surface area contributed by atoms with Gasteiger partial charge in [0, 0.05) is 0 Å². The molecule has 0 saturated heterocycles. The van der Waals surface area contributed by atoms with Gasteiger partial charge in [0.2, 0.25) is 5.60 Å². The molecule has 2 unspecified atom stereocenters. The quantitative estimate of drug-likeness (QED) is 0.893. The SMILES string of the molecule is CC(O)C(O)(C=Cc1ccc(Cl)c(Cl)c1)C(F)(F)F. The summed E-state index contributed by atoms with van der Waals surface area (Å²) >= 11 is 11.4. The molecule has 0 radical (unpaired) electrons. The lowest BCUT2D eigenvalue weighted by Crippen LogP contribution is -2.51. The first kappa shape index (κ1) is 16.3. The number of alkyl halides is 3. The molecule has 1 aromatic rings. The lowest BCUT2D eigenvalue weighted by molar-refractivity contribution is -0.265. The number of benzene rings is 1. The van der Waals surface area contributed by atoms with E-state index in [-0.39, 0.29) is 10.0 Å². The zero-order chi connectivity index (χ0) is 14.8. The third-order valence-electron chi connectivity index (χ3n) is 2.56. The van der Waals surface area contributed by atoms with Crippen molar-refractivity contribution in [2.75, 3.05) is 0 Å². The van der Waals surface area contributed by atoms with Crippen LogP contribution < -0.4 is 0 Å². The topological polar surface area (TPSA) is 40.5 Å². The summed E-state index contributed by atoms with van der Waals surface area (Å²) in [6.07, 6.45) is -5.50. The highest BCUT2D eigenvalue weighted by Crippen LogP contribution is 2.35. The van der Waals surface area contributed by atoms with Gasteiger partial charge in [-0.3, -0.25) is 0 Å². The molecule has 1 rings (SSSR count). The van der Waals surface area contributed by atoms with Crippen LogP contribution in [0.4, 0.5) is 13.2 Å². The highest BCUT2D eigenvalue weighted by atomic mass is 35.5. The van der Waals surface area contributed by atoms with Crippen LogP contribution in [0.2, 0.25) is 10.0 Å². The number of hydrogen-bond donors (Lipinski definition) is 2. The highest BCUT2D eigenvalue weighted by molar-refractivity contribution is 6.42. The Morgan fingerprint density at radius 1 is 1.21 bits per heavy atom. The molecule has 0 aliphatic carbocycles. The molecule has 0 saturated carbocycles. The maximum absolute atomic E-state index is 12.7. The van der Waals surface area contributed by atoms with Gasteiger partial charge in [0.1, 0.15) is 0 Å². The van der Waals surface area contributed by atoms with Gasteiger partial charge in [0.25, 0.3) is 0 Å². The van der Waals surface area contributed by atoms with Gasteiger partial charge in [-0.05, 0) is 30.7 Å². The predicted octanol–water partition coefficient (Wildman–Crippen LogP) is 3.68. The summed E-state index contributed by atoms with van der Waals surface area (Å²) in [7, 11) is 0. The minimum absolute atomic E-state index is 0.177. The Morgan fingerprint density at radius 2 is 1.79 bits per heavy atom. The minimum atomic E-state index is -4.99. The molecule has 0 aromatic heterocycles. The summed E-state index contributed by atoms with van der Waals surface area (Å²) in [6, 6.07) is 4.20. The number of aliphatic hydroxyl groups excluding tert-OH is 1. The zero-order valence-corrected chi connectivity index (χ0v) is 11.3. The standard InChI is InChI=1S/C12H11Cl2F3O2/c1-7(18)11(19,12(15,16)17)5-4-8-2-3-9(13)10(14)6-8/h2-7,18-19H,1H3. The molecule has 2 atom stereocenters. The van der Waals surface area contributed by atoms with E-state index in [4.69, 9.17) is 28.3 Å². The van der Waals surface area contributed by atoms with E-state index in [2.05, 4.69) is 0 Å². The molecule has 1 aromatic carbocycles. The normalized spacial score (nSPS) is 17.5. The summed E-state index contributed by atoms with van der Waals surface area (Å²) < 4.78 is 38.1. The van der Waals surface area contributed by atoms with E-state index in [1.165, 1.54) is 18.2 Å². The van der Waals surface area contributed by atoms with E-state index in [1.54, 1.807) is 0 Å². The van der Waals surface area contributed by atoms with Crippen LogP contribution in [-0.4, -0.2) is 28.1 Å². The molecule has 2 N–H and O–H groups in total. The van der Waals surface area contributed by atoms with Crippen molar-refractivity contribution in [1.29, 1.82) is 0 Å². The van der Waals surface area contributed by atoms with Gasteiger partial charge in [-0.25, -0.2) is 0 Å². The molecule has 0 amide bonds. The van der Waals surface area contributed by atoms with Crippen molar-refractivity contribution in [1.82, 2.24) is 0 Å². The summed E-state index contributed by atoms with van der Waals surface area (Å²) in [5, 5.41) is 19.0. The van der Waals surface area contributed by atoms with Crippen LogP contribution in [0.3, 0.4) is 0 Å². The van der Waals surface area contributed by atoms with Crippen molar-refractivity contribution in [2.24, 2.45) is 0 Å². The van der Waals surface area contributed by atoms with Gasteiger partial charge < -0.3 is 10.2 Å². The lowest BCUT2D eigenvalue weighted by Gasteiger charge is -2.30. The number of hydrogen-bond acceptors (Lipinski definition) is 2. The Morgan fingerprint density at radius 3 is 2.21 bits per heavy atom. The average Bonchev–Trinajstić information content (AvgIpc) is 2.28. The van der Waals surface area contributed by atoms with Gasteiger partial charge in [-0.1, -0.05) is 35.3 Å². The van der Waals surface area contributed by atoms with Crippen molar-refractivity contribution in [3.8, 4) is 0 Å². The van der Waals surface area contributed by atoms with Crippen LogP contribution >= 0.6 is 23.2 Å². The fourth-order valence-electron chi connectivity index (χ4n) is 1.31. The third kappa shape index (κ3) is 3.63.